The van der Waals surface area contributed by atoms with Gasteiger partial charge >= 0.3 is 0 Å². The number of pyridine rings is 2. The van der Waals surface area contributed by atoms with Crippen molar-refractivity contribution in [1.29, 1.82) is 0 Å². The number of rotatable bonds is 5. The molecule has 7 nitrogen and oxygen atoms in total. The van der Waals surface area contributed by atoms with E-state index in [0.29, 0.717) is 13.1 Å². The Balaban J connectivity index is 0.00000280. The third kappa shape index (κ3) is 6.59. The molecule has 0 spiro atoms. The number of morpholine rings is 1. The van der Waals surface area contributed by atoms with Gasteiger partial charge in [0, 0.05) is 39.1 Å². The van der Waals surface area contributed by atoms with E-state index in [1.165, 1.54) is 0 Å². The summed E-state index contributed by atoms with van der Waals surface area (Å²) in [6, 6.07) is 10.0. The van der Waals surface area contributed by atoms with Gasteiger partial charge in [-0.05, 0) is 37.6 Å². The van der Waals surface area contributed by atoms with Gasteiger partial charge in [-0.2, -0.15) is 0 Å². The zero-order chi connectivity index (χ0) is 19.1. The van der Waals surface area contributed by atoms with Crippen molar-refractivity contribution >= 4 is 35.8 Å². The first kappa shape index (κ1) is 22.4. The highest BCUT2D eigenvalue weighted by molar-refractivity contribution is 14.0. The third-order valence-corrected chi connectivity index (χ3v) is 4.40. The van der Waals surface area contributed by atoms with Gasteiger partial charge in [-0.25, -0.2) is 4.98 Å². The molecule has 2 aromatic heterocycles. The zero-order valence-electron chi connectivity index (χ0n) is 16.6. The van der Waals surface area contributed by atoms with Crippen LogP contribution in [0.25, 0.3) is 0 Å². The number of guanidine groups is 1. The van der Waals surface area contributed by atoms with E-state index in [1.54, 1.807) is 13.2 Å². The van der Waals surface area contributed by atoms with Crippen LogP contribution < -0.4 is 15.5 Å². The molecule has 1 aliphatic rings. The average Bonchev–Trinajstić information content (AvgIpc) is 2.68. The van der Waals surface area contributed by atoms with Crippen molar-refractivity contribution < 1.29 is 4.74 Å². The summed E-state index contributed by atoms with van der Waals surface area (Å²) in [5, 5.41) is 6.57. The van der Waals surface area contributed by atoms with Crippen LogP contribution in [-0.2, 0) is 17.8 Å². The minimum Gasteiger partial charge on any atom is -0.372 e. The van der Waals surface area contributed by atoms with E-state index in [4.69, 9.17) is 4.74 Å². The lowest BCUT2D eigenvalue weighted by molar-refractivity contribution is -0.00545. The van der Waals surface area contributed by atoms with Crippen LogP contribution in [0.2, 0.25) is 0 Å². The van der Waals surface area contributed by atoms with Crippen LogP contribution in [0.5, 0.6) is 0 Å². The Morgan fingerprint density at radius 3 is 2.46 bits per heavy atom. The van der Waals surface area contributed by atoms with Gasteiger partial charge in [0.25, 0.3) is 0 Å². The van der Waals surface area contributed by atoms with E-state index >= 15 is 0 Å². The third-order valence-electron chi connectivity index (χ3n) is 4.40. The van der Waals surface area contributed by atoms with Crippen LogP contribution in [-0.4, -0.2) is 48.3 Å². The molecule has 3 rings (SSSR count). The van der Waals surface area contributed by atoms with E-state index in [0.717, 1.165) is 36.1 Å². The van der Waals surface area contributed by atoms with Crippen molar-refractivity contribution in [1.82, 2.24) is 20.6 Å². The van der Waals surface area contributed by atoms with Gasteiger partial charge < -0.3 is 20.3 Å². The van der Waals surface area contributed by atoms with Gasteiger partial charge in [0.2, 0.25) is 0 Å². The molecule has 152 valence electrons. The fourth-order valence-corrected chi connectivity index (χ4v) is 3.16. The Labute approximate surface area is 184 Å². The van der Waals surface area contributed by atoms with Gasteiger partial charge in [0.1, 0.15) is 5.82 Å². The van der Waals surface area contributed by atoms with Crippen molar-refractivity contribution in [2.24, 2.45) is 4.99 Å². The summed E-state index contributed by atoms with van der Waals surface area (Å²) in [6.07, 6.45) is 4.16. The molecule has 1 saturated heterocycles. The van der Waals surface area contributed by atoms with Gasteiger partial charge in [0.05, 0.1) is 24.4 Å². The highest BCUT2D eigenvalue weighted by Gasteiger charge is 2.22. The number of aliphatic imine (C=N–C) groups is 1. The second-order valence-electron chi connectivity index (χ2n) is 6.79. The highest BCUT2D eigenvalue weighted by Crippen LogP contribution is 2.18. The molecule has 0 aromatic carbocycles. The Morgan fingerprint density at radius 1 is 1.11 bits per heavy atom. The molecule has 1 fully saturated rings. The molecule has 2 N–H and O–H groups in total. The number of aromatic nitrogens is 2. The molecule has 1 aliphatic heterocycles. The molecule has 8 heteroatoms. The smallest absolute Gasteiger partial charge is 0.191 e. The van der Waals surface area contributed by atoms with Crippen LogP contribution in [0, 0.1) is 0 Å². The monoisotopic (exact) mass is 496 g/mol. The Bertz CT molecular complexity index is 730. The molecular weight excluding hydrogens is 467 g/mol. The Hall–Kier alpha value is -1.94. The largest absolute Gasteiger partial charge is 0.372 e. The molecule has 3 heterocycles. The lowest BCUT2D eigenvalue weighted by Crippen LogP contribution is -2.45. The van der Waals surface area contributed by atoms with Gasteiger partial charge in [-0.3, -0.25) is 9.98 Å². The predicted molar refractivity (Wildman–Crippen MR) is 123 cm³/mol. The summed E-state index contributed by atoms with van der Waals surface area (Å²) in [5.41, 5.74) is 2.08. The highest BCUT2D eigenvalue weighted by atomic mass is 127. The molecule has 28 heavy (non-hydrogen) atoms. The number of halogens is 1. The van der Waals surface area contributed by atoms with Crippen LogP contribution in [0.1, 0.15) is 25.1 Å². The molecule has 0 bridgehead atoms. The maximum Gasteiger partial charge on any atom is 0.191 e. The lowest BCUT2D eigenvalue weighted by atomic mass is 10.2. The molecule has 0 amide bonds. The summed E-state index contributed by atoms with van der Waals surface area (Å²) < 4.78 is 5.79. The van der Waals surface area contributed by atoms with Crippen LogP contribution >= 0.6 is 24.0 Å². The van der Waals surface area contributed by atoms with Gasteiger partial charge in [-0.1, -0.05) is 12.1 Å². The Morgan fingerprint density at radius 2 is 1.86 bits per heavy atom. The number of hydrogen-bond acceptors (Lipinski definition) is 5. The molecular formula is C20H29IN6O. The van der Waals surface area contributed by atoms with Crippen molar-refractivity contribution in [2.75, 3.05) is 25.0 Å². The number of ether oxygens (including phenoxy) is 1. The minimum absolute atomic E-state index is 0. The van der Waals surface area contributed by atoms with Crippen molar-refractivity contribution in [3.05, 3.63) is 54.0 Å². The summed E-state index contributed by atoms with van der Waals surface area (Å²) in [6.45, 7) is 7.24. The fraction of sp³-hybridized carbons (Fsp3) is 0.450. The minimum atomic E-state index is 0. The number of anilines is 1. The summed E-state index contributed by atoms with van der Waals surface area (Å²) >= 11 is 0. The van der Waals surface area contributed by atoms with E-state index in [-0.39, 0.29) is 36.2 Å². The first-order chi connectivity index (χ1) is 13.1. The number of nitrogens with one attached hydrogen (secondary N) is 2. The molecule has 2 unspecified atom stereocenters. The van der Waals surface area contributed by atoms with Crippen molar-refractivity contribution in [3.8, 4) is 0 Å². The molecule has 0 saturated carbocycles. The lowest BCUT2D eigenvalue weighted by Gasteiger charge is -2.36. The quantitative estimate of drug-likeness (QED) is 0.377. The predicted octanol–water partition coefficient (Wildman–Crippen LogP) is 2.57. The second-order valence-corrected chi connectivity index (χ2v) is 6.79. The Kier molecular flexibility index (Phi) is 8.91. The van der Waals surface area contributed by atoms with Crippen LogP contribution in [0.4, 0.5) is 5.82 Å². The summed E-state index contributed by atoms with van der Waals surface area (Å²) in [5.74, 6) is 1.74. The molecule has 0 aliphatic carbocycles. The zero-order valence-corrected chi connectivity index (χ0v) is 19.0. The van der Waals surface area contributed by atoms with E-state index < -0.39 is 0 Å². The first-order valence-corrected chi connectivity index (χ1v) is 9.34. The van der Waals surface area contributed by atoms with Crippen LogP contribution in [0.3, 0.4) is 0 Å². The molecule has 0 radical (unpaired) electrons. The van der Waals surface area contributed by atoms with Crippen molar-refractivity contribution in [2.45, 2.75) is 39.1 Å². The maximum atomic E-state index is 5.79. The average molecular weight is 496 g/mol. The topological polar surface area (TPSA) is 74.7 Å². The maximum absolute atomic E-state index is 5.79. The fourth-order valence-electron chi connectivity index (χ4n) is 3.16. The summed E-state index contributed by atoms with van der Waals surface area (Å²) in [4.78, 5) is 15.5. The second kappa shape index (κ2) is 11.2. The number of nitrogens with zero attached hydrogens (tertiary/aromatic N) is 4. The summed E-state index contributed by atoms with van der Waals surface area (Å²) in [7, 11) is 1.76. The molecule has 2 aromatic rings. The van der Waals surface area contributed by atoms with Crippen molar-refractivity contribution in [3.63, 3.8) is 0 Å². The van der Waals surface area contributed by atoms with Crippen LogP contribution in [0.15, 0.2) is 47.7 Å². The van der Waals surface area contributed by atoms with E-state index in [9.17, 15) is 0 Å². The molecule has 2 atom stereocenters. The van der Waals surface area contributed by atoms with E-state index in [1.807, 2.05) is 24.4 Å². The van der Waals surface area contributed by atoms with Gasteiger partial charge in [-0.15, -0.1) is 24.0 Å². The normalized spacial score (nSPS) is 19.7. The SMILES string of the molecule is CN=C(NCc1ccc(N2CC(C)OC(C)C2)nc1)NCc1ccccn1.I. The first-order valence-electron chi connectivity index (χ1n) is 9.34. The van der Waals surface area contributed by atoms with E-state index in [2.05, 4.69) is 56.5 Å². The number of hydrogen-bond donors (Lipinski definition) is 2. The van der Waals surface area contributed by atoms with Gasteiger partial charge in [0.15, 0.2) is 5.96 Å². The standard InChI is InChI=1S/C20H28N6O.HI/c1-15-13-26(14-16(2)27-15)19-8-7-17(10-23-19)11-24-20(21-3)25-12-18-6-4-5-9-22-18;/h4-10,15-16H,11-14H2,1-3H3,(H2,21,24,25);1H.